The molecule has 0 aromatic carbocycles. The molecule has 1 N–H and O–H groups in total. The molecule has 0 saturated carbocycles. The molecule has 0 bridgehead atoms. The highest BCUT2D eigenvalue weighted by Gasteiger charge is 2.20. The van der Waals surface area contributed by atoms with Gasteiger partial charge in [-0.2, -0.15) is 0 Å². The maximum atomic E-state index is 9.69. The minimum Gasteiger partial charge on any atom is -0.389 e. The monoisotopic (exact) mass is 253 g/mol. The lowest BCUT2D eigenvalue weighted by atomic mass is 9.99. The van der Waals surface area contributed by atoms with Crippen molar-refractivity contribution in [3.8, 4) is 0 Å². The van der Waals surface area contributed by atoms with E-state index < -0.39 is 6.10 Å². The number of aliphatic hydroxyl groups is 1. The van der Waals surface area contributed by atoms with E-state index >= 15 is 0 Å². The SMILES string of the molecule is COC[C@@H](O)CN(C)C[C@H]1CCc2nccn2C1. The number of methoxy groups -OCH3 is 1. The van der Waals surface area contributed by atoms with Crippen LogP contribution in [0.3, 0.4) is 0 Å². The molecule has 0 spiro atoms. The number of aromatic nitrogens is 2. The van der Waals surface area contributed by atoms with Gasteiger partial charge in [0.2, 0.25) is 0 Å². The van der Waals surface area contributed by atoms with E-state index in [1.54, 1.807) is 7.11 Å². The lowest BCUT2D eigenvalue weighted by Gasteiger charge is -2.29. The van der Waals surface area contributed by atoms with E-state index in [1.165, 1.54) is 12.2 Å². The third-order valence-electron chi connectivity index (χ3n) is 3.48. The number of hydrogen-bond donors (Lipinski definition) is 1. The maximum Gasteiger partial charge on any atom is 0.108 e. The second-order valence-electron chi connectivity index (χ2n) is 5.23. The average molecular weight is 253 g/mol. The molecule has 1 aliphatic heterocycles. The Kier molecular flexibility index (Phi) is 4.74. The first kappa shape index (κ1) is 13.5. The van der Waals surface area contributed by atoms with Crippen molar-refractivity contribution in [3.05, 3.63) is 18.2 Å². The normalized spacial score (nSPS) is 21.0. The summed E-state index contributed by atoms with van der Waals surface area (Å²) in [5, 5.41) is 9.69. The van der Waals surface area contributed by atoms with Gasteiger partial charge in [-0.15, -0.1) is 0 Å². The second-order valence-corrected chi connectivity index (χ2v) is 5.23. The molecule has 0 saturated heterocycles. The topological polar surface area (TPSA) is 50.5 Å². The van der Waals surface area contributed by atoms with Crippen LogP contribution >= 0.6 is 0 Å². The van der Waals surface area contributed by atoms with Crippen molar-refractivity contribution in [1.82, 2.24) is 14.5 Å². The van der Waals surface area contributed by atoms with Gasteiger partial charge in [0, 0.05) is 45.6 Å². The third-order valence-corrected chi connectivity index (χ3v) is 3.48. The van der Waals surface area contributed by atoms with Gasteiger partial charge in [0.15, 0.2) is 0 Å². The molecule has 0 aliphatic carbocycles. The molecule has 1 aliphatic rings. The highest BCUT2D eigenvalue weighted by molar-refractivity contribution is 4.96. The summed E-state index contributed by atoms with van der Waals surface area (Å²) in [6.07, 6.45) is 5.78. The van der Waals surface area contributed by atoms with Crippen LogP contribution in [0.25, 0.3) is 0 Å². The van der Waals surface area contributed by atoms with E-state index in [4.69, 9.17) is 4.74 Å². The molecular formula is C13H23N3O2. The van der Waals surface area contributed by atoms with Gasteiger partial charge in [-0.05, 0) is 19.4 Å². The zero-order valence-corrected chi connectivity index (χ0v) is 11.2. The Balaban J connectivity index is 1.77. The minimum absolute atomic E-state index is 0.396. The summed E-state index contributed by atoms with van der Waals surface area (Å²) in [6, 6.07) is 0. The van der Waals surface area contributed by atoms with Crippen LogP contribution in [0.1, 0.15) is 12.2 Å². The molecule has 1 aromatic rings. The van der Waals surface area contributed by atoms with E-state index in [0.717, 1.165) is 19.5 Å². The van der Waals surface area contributed by atoms with Crippen LogP contribution in [-0.2, 0) is 17.7 Å². The fourth-order valence-corrected chi connectivity index (χ4v) is 2.71. The van der Waals surface area contributed by atoms with Crippen molar-refractivity contribution >= 4 is 0 Å². The molecule has 0 fully saturated rings. The maximum absolute atomic E-state index is 9.69. The van der Waals surface area contributed by atoms with Gasteiger partial charge in [-0.1, -0.05) is 0 Å². The van der Waals surface area contributed by atoms with E-state index in [-0.39, 0.29) is 0 Å². The first-order valence-electron chi connectivity index (χ1n) is 6.54. The van der Waals surface area contributed by atoms with Crippen LogP contribution in [0.4, 0.5) is 0 Å². The van der Waals surface area contributed by atoms with Crippen LogP contribution < -0.4 is 0 Å². The molecule has 0 radical (unpaired) electrons. The number of rotatable bonds is 6. The van der Waals surface area contributed by atoms with E-state index in [2.05, 4.69) is 27.7 Å². The van der Waals surface area contributed by atoms with Crippen LogP contribution in [0, 0.1) is 5.92 Å². The van der Waals surface area contributed by atoms with Crippen LogP contribution in [0.5, 0.6) is 0 Å². The Morgan fingerprint density at radius 1 is 1.67 bits per heavy atom. The molecule has 5 nitrogen and oxygen atoms in total. The molecule has 102 valence electrons. The average Bonchev–Trinajstić information content (AvgIpc) is 2.76. The van der Waals surface area contributed by atoms with Gasteiger partial charge >= 0.3 is 0 Å². The molecule has 5 heteroatoms. The molecule has 2 atom stereocenters. The van der Waals surface area contributed by atoms with Gasteiger partial charge in [-0.25, -0.2) is 4.98 Å². The molecule has 0 unspecified atom stereocenters. The first-order chi connectivity index (χ1) is 8.69. The minimum atomic E-state index is -0.396. The van der Waals surface area contributed by atoms with Crippen molar-refractivity contribution in [1.29, 1.82) is 0 Å². The van der Waals surface area contributed by atoms with Crippen molar-refractivity contribution in [2.24, 2.45) is 5.92 Å². The van der Waals surface area contributed by atoms with Crippen molar-refractivity contribution < 1.29 is 9.84 Å². The predicted molar refractivity (Wildman–Crippen MR) is 69.4 cm³/mol. The zero-order valence-electron chi connectivity index (χ0n) is 11.2. The fourth-order valence-electron chi connectivity index (χ4n) is 2.71. The summed E-state index contributed by atoms with van der Waals surface area (Å²) in [7, 11) is 3.67. The number of hydrogen-bond acceptors (Lipinski definition) is 4. The van der Waals surface area contributed by atoms with Crippen molar-refractivity contribution in [2.75, 3.05) is 33.9 Å². The highest BCUT2D eigenvalue weighted by Crippen LogP contribution is 2.19. The summed E-state index contributed by atoms with van der Waals surface area (Å²) < 4.78 is 7.19. The van der Waals surface area contributed by atoms with Gasteiger partial charge in [-0.3, -0.25) is 0 Å². The quantitative estimate of drug-likeness (QED) is 0.796. The van der Waals surface area contributed by atoms with Gasteiger partial charge < -0.3 is 19.3 Å². The van der Waals surface area contributed by atoms with Crippen molar-refractivity contribution in [3.63, 3.8) is 0 Å². The van der Waals surface area contributed by atoms with Crippen LogP contribution in [-0.4, -0.2) is 59.5 Å². The van der Waals surface area contributed by atoms with Gasteiger partial charge in [0.1, 0.15) is 5.82 Å². The number of likely N-dealkylation sites (N-methyl/N-ethyl adjacent to an activating group) is 1. The Bertz CT molecular complexity index is 367. The fraction of sp³-hybridized carbons (Fsp3) is 0.769. The largest absolute Gasteiger partial charge is 0.389 e. The summed E-state index contributed by atoms with van der Waals surface area (Å²) in [5.74, 6) is 1.85. The number of nitrogens with zero attached hydrogens (tertiary/aromatic N) is 3. The predicted octanol–water partition coefficient (Wildman–Crippen LogP) is 0.385. The molecular weight excluding hydrogens is 230 g/mol. The summed E-state index contributed by atoms with van der Waals surface area (Å²) in [6.45, 7) is 3.13. The molecule has 0 amide bonds. The van der Waals surface area contributed by atoms with Crippen molar-refractivity contribution in [2.45, 2.75) is 25.5 Å². The lowest BCUT2D eigenvalue weighted by Crippen LogP contribution is -2.37. The first-order valence-corrected chi connectivity index (χ1v) is 6.54. The second kappa shape index (κ2) is 6.31. The standard InChI is InChI=1S/C13H23N3O2/c1-15(9-12(17)10-18-2)7-11-3-4-13-14-5-6-16(13)8-11/h5-6,11-12,17H,3-4,7-10H2,1-2H3/t11-,12+/m1/s1. The van der Waals surface area contributed by atoms with E-state index in [9.17, 15) is 5.11 Å². The summed E-state index contributed by atoms with van der Waals surface area (Å²) in [5.41, 5.74) is 0. The highest BCUT2D eigenvalue weighted by atomic mass is 16.5. The van der Waals surface area contributed by atoms with Crippen LogP contribution in [0.15, 0.2) is 12.4 Å². The molecule has 18 heavy (non-hydrogen) atoms. The number of ether oxygens (including phenoxy) is 1. The van der Waals surface area contributed by atoms with Crippen LogP contribution in [0.2, 0.25) is 0 Å². The lowest BCUT2D eigenvalue weighted by molar-refractivity contribution is 0.0390. The number of aryl methyl sites for hydroxylation is 1. The Hall–Kier alpha value is -0.910. The smallest absolute Gasteiger partial charge is 0.108 e. The number of imidazole rings is 1. The Morgan fingerprint density at radius 2 is 2.50 bits per heavy atom. The molecule has 1 aromatic heterocycles. The van der Waals surface area contributed by atoms with Gasteiger partial charge in [0.05, 0.1) is 12.7 Å². The third kappa shape index (κ3) is 3.54. The van der Waals surface area contributed by atoms with Gasteiger partial charge in [0.25, 0.3) is 0 Å². The van der Waals surface area contributed by atoms with E-state index in [0.29, 0.717) is 19.1 Å². The number of fused-ring (bicyclic) bond motifs is 1. The molecule has 2 rings (SSSR count). The van der Waals surface area contributed by atoms with E-state index in [1.807, 2.05) is 6.20 Å². The summed E-state index contributed by atoms with van der Waals surface area (Å²) >= 11 is 0. The Labute approximate surface area is 108 Å². The summed E-state index contributed by atoms with van der Waals surface area (Å²) in [4.78, 5) is 6.53. The number of aliphatic hydroxyl groups excluding tert-OH is 1. The Morgan fingerprint density at radius 3 is 3.28 bits per heavy atom. The zero-order chi connectivity index (χ0) is 13.0. The molecule has 2 heterocycles.